The van der Waals surface area contributed by atoms with E-state index in [1.807, 2.05) is 80.7 Å². The first-order valence-electron chi connectivity index (χ1n) is 11.5. The van der Waals surface area contributed by atoms with Crippen LogP contribution in [0.5, 0.6) is 5.75 Å². The molecule has 0 spiro atoms. The molecule has 1 aliphatic rings. The van der Waals surface area contributed by atoms with Crippen molar-refractivity contribution in [3.8, 4) is 28.8 Å². The number of hydrogen-bond acceptors (Lipinski definition) is 5. The van der Waals surface area contributed by atoms with Crippen LogP contribution in [0.3, 0.4) is 0 Å². The standard InChI is InChI=1S/C28H26N4O3/c1-5-31-27(33)24(19(4)25(16-29)28(31)34)15-21-17-32(22-9-7-6-8-10-22)30-26(21)20-11-13-23(14-12-20)35-18(2)3/h6-15,17-18H,5H2,1-4H3/b24-15-. The van der Waals surface area contributed by atoms with E-state index < -0.39 is 11.8 Å². The zero-order valence-electron chi connectivity index (χ0n) is 20.1. The van der Waals surface area contributed by atoms with Gasteiger partial charge in [0.05, 0.1) is 17.5 Å². The minimum atomic E-state index is -0.560. The molecule has 7 nitrogen and oxygen atoms in total. The number of ether oxygens (including phenoxy) is 1. The lowest BCUT2D eigenvalue weighted by Gasteiger charge is -2.26. The summed E-state index contributed by atoms with van der Waals surface area (Å²) in [6, 6.07) is 19.2. The molecule has 1 aliphatic heterocycles. The molecule has 2 amide bonds. The van der Waals surface area contributed by atoms with Crippen LogP contribution in [-0.2, 0) is 9.59 Å². The second-order valence-corrected chi connectivity index (χ2v) is 8.43. The lowest BCUT2D eigenvalue weighted by molar-refractivity contribution is -0.140. The third-order valence-electron chi connectivity index (χ3n) is 5.70. The van der Waals surface area contributed by atoms with Gasteiger partial charge < -0.3 is 4.74 Å². The van der Waals surface area contributed by atoms with E-state index in [2.05, 4.69) is 0 Å². The molecule has 2 aromatic carbocycles. The second-order valence-electron chi connectivity index (χ2n) is 8.43. The smallest absolute Gasteiger partial charge is 0.271 e. The highest BCUT2D eigenvalue weighted by atomic mass is 16.5. The Morgan fingerprint density at radius 2 is 1.74 bits per heavy atom. The van der Waals surface area contributed by atoms with Crippen LogP contribution in [0.2, 0.25) is 0 Å². The first-order chi connectivity index (χ1) is 16.8. The molecule has 0 saturated heterocycles. The largest absolute Gasteiger partial charge is 0.491 e. The van der Waals surface area contributed by atoms with E-state index in [0.29, 0.717) is 22.4 Å². The Morgan fingerprint density at radius 3 is 2.34 bits per heavy atom. The van der Waals surface area contributed by atoms with E-state index in [1.54, 1.807) is 24.6 Å². The highest BCUT2D eigenvalue weighted by Gasteiger charge is 2.34. The Labute approximate surface area is 204 Å². The molecule has 0 unspecified atom stereocenters. The highest BCUT2D eigenvalue weighted by Crippen LogP contribution is 2.31. The van der Waals surface area contributed by atoms with E-state index in [0.717, 1.165) is 21.9 Å². The zero-order valence-corrected chi connectivity index (χ0v) is 20.1. The molecule has 0 fully saturated rings. The summed E-state index contributed by atoms with van der Waals surface area (Å²) in [5, 5.41) is 14.4. The number of carbonyl (C=O) groups excluding carboxylic acids is 2. The van der Waals surface area contributed by atoms with Gasteiger partial charge in [-0.2, -0.15) is 10.4 Å². The number of nitriles is 1. The van der Waals surface area contributed by atoms with E-state index >= 15 is 0 Å². The number of amides is 2. The minimum absolute atomic E-state index is 0.0233. The summed E-state index contributed by atoms with van der Waals surface area (Å²) in [4.78, 5) is 26.8. The average molecular weight is 467 g/mol. The van der Waals surface area contributed by atoms with Crippen LogP contribution in [0.15, 0.2) is 77.5 Å². The lowest BCUT2D eigenvalue weighted by atomic mass is 9.93. The van der Waals surface area contributed by atoms with Gasteiger partial charge in [0.25, 0.3) is 11.8 Å². The Morgan fingerprint density at radius 1 is 1.06 bits per heavy atom. The Kier molecular flexibility index (Phi) is 6.65. The van der Waals surface area contributed by atoms with Crippen LogP contribution in [0.4, 0.5) is 0 Å². The van der Waals surface area contributed by atoms with Gasteiger partial charge in [-0.05, 0) is 75.7 Å². The number of hydrogen-bond donors (Lipinski definition) is 0. The summed E-state index contributed by atoms with van der Waals surface area (Å²) in [7, 11) is 0. The molecule has 0 bridgehead atoms. The fourth-order valence-corrected chi connectivity index (χ4v) is 3.97. The van der Waals surface area contributed by atoms with Gasteiger partial charge in [0.15, 0.2) is 0 Å². The van der Waals surface area contributed by atoms with Crippen LogP contribution in [0.1, 0.15) is 33.3 Å². The predicted octanol–water partition coefficient (Wildman–Crippen LogP) is 4.94. The van der Waals surface area contributed by atoms with Crippen LogP contribution in [0.25, 0.3) is 23.0 Å². The second kappa shape index (κ2) is 9.82. The molecule has 0 N–H and O–H groups in total. The molecule has 4 rings (SSSR count). The molecule has 176 valence electrons. The normalized spacial score (nSPS) is 15.2. The van der Waals surface area contributed by atoms with Gasteiger partial charge in [-0.25, -0.2) is 4.68 Å². The van der Waals surface area contributed by atoms with Crippen molar-refractivity contribution in [1.29, 1.82) is 5.26 Å². The summed E-state index contributed by atoms with van der Waals surface area (Å²) in [6.45, 7) is 7.46. The number of nitrogens with zero attached hydrogens (tertiary/aromatic N) is 4. The van der Waals surface area contributed by atoms with Gasteiger partial charge in [0.1, 0.15) is 17.4 Å². The molecule has 1 aromatic heterocycles. The Hall–Kier alpha value is -4.44. The SMILES string of the molecule is CCN1C(=O)C(C#N)=C(C)/C(=C/c2cn(-c3ccccc3)nc2-c2ccc(OC(C)C)cc2)C1=O. The molecular formula is C28H26N4O3. The van der Waals surface area contributed by atoms with Crippen molar-refractivity contribution >= 4 is 17.9 Å². The van der Waals surface area contributed by atoms with Gasteiger partial charge in [-0.1, -0.05) is 18.2 Å². The van der Waals surface area contributed by atoms with Crippen LogP contribution >= 0.6 is 0 Å². The van der Waals surface area contributed by atoms with E-state index in [4.69, 9.17) is 9.84 Å². The maximum atomic E-state index is 13.2. The fourth-order valence-electron chi connectivity index (χ4n) is 3.97. The summed E-state index contributed by atoms with van der Waals surface area (Å²) in [5.74, 6) is -0.230. The van der Waals surface area contributed by atoms with Crippen molar-refractivity contribution in [3.63, 3.8) is 0 Å². The maximum absolute atomic E-state index is 13.2. The molecule has 2 heterocycles. The molecule has 0 radical (unpaired) electrons. The number of rotatable bonds is 6. The minimum Gasteiger partial charge on any atom is -0.491 e. The number of likely N-dealkylation sites (N-methyl/N-ethyl adjacent to an activating group) is 1. The molecule has 35 heavy (non-hydrogen) atoms. The van der Waals surface area contributed by atoms with Gasteiger partial charge in [0.2, 0.25) is 0 Å². The van der Waals surface area contributed by atoms with Gasteiger partial charge in [-0.15, -0.1) is 0 Å². The average Bonchev–Trinajstić information content (AvgIpc) is 3.27. The van der Waals surface area contributed by atoms with E-state index in [-0.39, 0.29) is 18.2 Å². The summed E-state index contributed by atoms with van der Waals surface area (Å²) >= 11 is 0. The molecule has 3 aromatic rings. The van der Waals surface area contributed by atoms with Gasteiger partial charge in [-0.3, -0.25) is 14.5 Å². The monoisotopic (exact) mass is 466 g/mol. The first-order valence-corrected chi connectivity index (χ1v) is 11.5. The molecule has 0 aliphatic carbocycles. The zero-order chi connectivity index (χ0) is 25.1. The lowest BCUT2D eigenvalue weighted by Crippen LogP contribution is -2.42. The predicted molar refractivity (Wildman–Crippen MR) is 133 cm³/mol. The third kappa shape index (κ3) is 4.64. The molecule has 0 atom stereocenters. The number of aromatic nitrogens is 2. The molecule has 0 saturated carbocycles. The Balaban J connectivity index is 1.88. The number of imide groups is 1. The molecular weight excluding hydrogens is 440 g/mol. The number of benzene rings is 2. The van der Waals surface area contributed by atoms with Crippen LogP contribution in [0, 0.1) is 11.3 Å². The van der Waals surface area contributed by atoms with Crippen molar-refractivity contribution in [2.75, 3.05) is 6.54 Å². The van der Waals surface area contributed by atoms with Crippen molar-refractivity contribution in [1.82, 2.24) is 14.7 Å². The van der Waals surface area contributed by atoms with Gasteiger partial charge >= 0.3 is 0 Å². The van der Waals surface area contributed by atoms with Gasteiger partial charge in [0, 0.05) is 29.4 Å². The Bertz CT molecular complexity index is 1370. The summed E-state index contributed by atoms with van der Waals surface area (Å²) in [6.07, 6.45) is 3.61. The van der Waals surface area contributed by atoms with Crippen molar-refractivity contribution in [2.45, 2.75) is 33.8 Å². The quantitative estimate of drug-likeness (QED) is 0.379. The fraction of sp³-hybridized carbons (Fsp3) is 0.214. The van der Waals surface area contributed by atoms with Crippen molar-refractivity contribution in [3.05, 3.63) is 83.1 Å². The third-order valence-corrected chi connectivity index (χ3v) is 5.70. The van der Waals surface area contributed by atoms with Crippen molar-refractivity contribution in [2.24, 2.45) is 0 Å². The van der Waals surface area contributed by atoms with Crippen molar-refractivity contribution < 1.29 is 14.3 Å². The maximum Gasteiger partial charge on any atom is 0.271 e. The highest BCUT2D eigenvalue weighted by molar-refractivity contribution is 6.19. The summed E-state index contributed by atoms with van der Waals surface area (Å²) in [5.41, 5.74) is 3.71. The topological polar surface area (TPSA) is 88.2 Å². The summed E-state index contributed by atoms with van der Waals surface area (Å²) < 4.78 is 7.51. The number of carbonyl (C=O) groups is 2. The van der Waals surface area contributed by atoms with Crippen LogP contribution < -0.4 is 4.74 Å². The van der Waals surface area contributed by atoms with Crippen LogP contribution in [-0.4, -0.2) is 39.1 Å². The van der Waals surface area contributed by atoms with E-state index in [9.17, 15) is 14.9 Å². The molecule has 7 heteroatoms. The first kappa shape index (κ1) is 23.7. The number of para-hydroxylation sites is 1. The van der Waals surface area contributed by atoms with E-state index in [1.165, 1.54) is 0 Å².